The normalized spacial score (nSPS) is 10.8. The van der Waals surface area contributed by atoms with E-state index in [1.807, 2.05) is 12.1 Å². The fourth-order valence-electron chi connectivity index (χ4n) is 2.11. The number of hydrazine groups is 1. The maximum absolute atomic E-state index is 12.2. The van der Waals surface area contributed by atoms with E-state index in [0.717, 1.165) is 0 Å². The SMILES string of the molecule is Nc1c(C(=O)NNC(=O)C=Cc2ccco2)cnc2ccccc12. The molecule has 0 aliphatic rings. The number of benzene rings is 1. The van der Waals surface area contributed by atoms with Crippen LogP contribution >= 0.6 is 0 Å². The van der Waals surface area contributed by atoms with Crippen LogP contribution in [0.2, 0.25) is 0 Å². The van der Waals surface area contributed by atoms with Gasteiger partial charge in [0.15, 0.2) is 0 Å². The number of carbonyl (C=O) groups excluding carboxylic acids is 2. The van der Waals surface area contributed by atoms with Gasteiger partial charge >= 0.3 is 0 Å². The van der Waals surface area contributed by atoms with Crippen LogP contribution in [0.25, 0.3) is 17.0 Å². The Morgan fingerprint density at radius 1 is 1.12 bits per heavy atom. The van der Waals surface area contributed by atoms with Gasteiger partial charge in [0.05, 0.1) is 23.0 Å². The number of amides is 2. The van der Waals surface area contributed by atoms with Crippen LogP contribution in [-0.4, -0.2) is 16.8 Å². The molecular formula is C17H14N4O3. The quantitative estimate of drug-likeness (QED) is 0.504. The highest BCUT2D eigenvalue weighted by atomic mass is 16.3. The van der Waals surface area contributed by atoms with Gasteiger partial charge in [-0.25, -0.2) is 0 Å². The molecule has 0 radical (unpaired) electrons. The average molecular weight is 322 g/mol. The predicted octanol–water partition coefficient (Wildman–Crippen LogP) is 1.88. The predicted molar refractivity (Wildman–Crippen MR) is 89.5 cm³/mol. The van der Waals surface area contributed by atoms with Gasteiger partial charge in [-0.15, -0.1) is 0 Å². The summed E-state index contributed by atoms with van der Waals surface area (Å²) in [6.07, 6.45) is 5.58. The summed E-state index contributed by atoms with van der Waals surface area (Å²) in [6.45, 7) is 0. The minimum Gasteiger partial charge on any atom is -0.465 e. The van der Waals surface area contributed by atoms with Crippen LogP contribution in [0.5, 0.6) is 0 Å². The third-order valence-corrected chi connectivity index (χ3v) is 3.30. The smallest absolute Gasteiger partial charge is 0.273 e. The van der Waals surface area contributed by atoms with Gasteiger partial charge in [-0.3, -0.25) is 25.4 Å². The zero-order valence-corrected chi connectivity index (χ0v) is 12.5. The van der Waals surface area contributed by atoms with Crippen LogP contribution in [-0.2, 0) is 4.79 Å². The highest BCUT2D eigenvalue weighted by Gasteiger charge is 2.13. The van der Waals surface area contributed by atoms with Crippen molar-refractivity contribution < 1.29 is 14.0 Å². The van der Waals surface area contributed by atoms with E-state index in [-0.39, 0.29) is 5.56 Å². The van der Waals surface area contributed by atoms with Gasteiger partial charge in [-0.2, -0.15) is 0 Å². The Bertz CT molecular complexity index is 917. The summed E-state index contributed by atoms with van der Waals surface area (Å²) in [5.41, 5.74) is 11.8. The molecule has 2 aromatic heterocycles. The molecule has 1 aromatic carbocycles. The molecule has 2 amide bonds. The van der Waals surface area contributed by atoms with Crippen LogP contribution in [0.4, 0.5) is 5.69 Å². The lowest BCUT2D eigenvalue weighted by atomic mass is 10.1. The fourth-order valence-corrected chi connectivity index (χ4v) is 2.11. The van der Waals surface area contributed by atoms with E-state index in [9.17, 15) is 9.59 Å². The molecule has 0 aliphatic carbocycles. The molecule has 7 heteroatoms. The van der Waals surface area contributed by atoms with Gasteiger partial charge in [-0.05, 0) is 24.3 Å². The summed E-state index contributed by atoms with van der Waals surface area (Å²) in [4.78, 5) is 28.0. The minimum absolute atomic E-state index is 0.184. The molecule has 0 aliphatic heterocycles. The fraction of sp³-hybridized carbons (Fsp3) is 0. The molecule has 3 rings (SSSR count). The molecule has 0 spiro atoms. The number of fused-ring (bicyclic) bond motifs is 1. The lowest BCUT2D eigenvalue weighted by molar-refractivity contribution is -0.117. The number of nitrogens with zero attached hydrogens (tertiary/aromatic N) is 1. The number of pyridine rings is 1. The van der Waals surface area contributed by atoms with E-state index in [1.165, 1.54) is 24.6 Å². The van der Waals surface area contributed by atoms with Crippen molar-refractivity contribution in [3.05, 3.63) is 66.3 Å². The highest BCUT2D eigenvalue weighted by molar-refractivity contribution is 6.06. The highest BCUT2D eigenvalue weighted by Crippen LogP contribution is 2.22. The molecule has 0 saturated carbocycles. The number of nitrogen functional groups attached to an aromatic ring is 1. The summed E-state index contributed by atoms with van der Waals surface area (Å²) in [5, 5.41) is 0.675. The number of aromatic nitrogens is 1. The summed E-state index contributed by atoms with van der Waals surface area (Å²) in [6, 6.07) is 10.6. The molecular weight excluding hydrogens is 308 g/mol. The minimum atomic E-state index is -0.550. The van der Waals surface area contributed by atoms with Crippen molar-refractivity contribution in [2.45, 2.75) is 0 Å². The number of furan rings is 1. The third kappa shape index (κ3) is 3.25. The number of carbonyl (C=O) groups is 2. The van der Waals surface area contributed by atoms with E-state index in [1.54, 1.807) is 24.3 Å². The van der Waals surface area contributed by atoms with E-state index in [4.69, 9.17) is 10.2 Å². The van der Waals surface area contributed by atoms with Gasteiger partial charge in [0.1, 0.15) is 5.76 Å². The Morgan fingerprint density at radius 3 is 2.75 bits per heavy atom. The Morgan fingerprint density at radius 2 is 1.96 bits per heavy atom. The van der Waals surface area contributed by atoms with E-state index in [0.29, 0.717) is 22.4 Å². The van der Waals surface area contributed by atoms with Crippen LogP contribution in [0.3, 0.4) is 0 Å². The second-order valence-corrected chi connectivity index (χ2v) is 4.89. The number of para-hydroxylation sites is 1. The van der Waals surface area contributed by atoms with Crippen molar-refractivity contribution in [2.75, 3.05) is 5.73 Å². The van der Waals surface area contributed by atoms with Crippen molar-refractivity contribution in [1.82, 2.24) is 15.8 Å². The Kier molecular flexibility index (Phi) is 4.24. The first-order valence-electron chi connectivity index (χ1n) is 7.10. The number of hydrogen-bond acceptors (Lipinski definition) is 5. The maximum atomic E-state index is 12.2. The van der Waals surface area contributed by atoms with Gasteiger partial charge < -0.3 is 10.2 Å². The first-order valence-corrected chi connectivity index (χ1v) is 7.10. The molecule has 7 nitrogen and oxygen atoms in total. The van der Waals surface area contributed by atoms with Gasteiger partial charge in [0, 0.05) is 17.7 Å². The summed E-state index contributed by atoms with van der Waals surface area (Å²) < 4.78 is 5.06. The number of rotatable bonds is 3. The molecule has 3 aromatic rings. The number of nitrogens with one attached hydrogen (secondary N) is 2. The lowest BCUT2D eigenvalue weighted by Crippen LogP contribution is -2.41. The van der Waals surface area contributed by atoms with Crippen LogP contribution in [0.15, 0.2) is 59.4 Å². The average Bonchev–Trinajstić information content (AvgIpc) is 3.12. The molecule has 0 saturated heterocycles. The summed E-state index contributed by atoms with van der Waals surface area (Å²) in [7, 11) is 0. The molecule has 24 heavy (non-hydrogen) atoms. The Balaban J connectivity index is 1.67. The van der Waals surface area contributed by atoms with Crippen molar-refractivity contribution in [1.29, 1.82) is 0 Å². The molecule has 120 valence electrons. The molecule has 0 atom stereocenters. The monoisotopic (exact) mass is 322 g/mol. The molecule has 0 fully saturated rings. The van der Waals surface area contributed by atoms with Crippen LogP contribution < -0.4 is 16.6 Å². The van der Waals surface area contributed by atoms with Crippen molar-refractivity contribution in [3.8, 4) is 0 Å². The third-order valence-electron chi connectivity index (χ3n) is 3.30. The largest absolute Gasteiger partial charge is 0.465 e. The summed E-state index contributed by atoms with van der Waals surface area (Å²) in [5.74, 6) is -0.531. The molecule has 0 bridgehead atoms. The topological polar surface area (TPSA) is 110 Å². The second-order valence-electron chi connectivity index (χ2n) is 4.89. The van der Waals surface area contributed by atoms with E-state index in [2.05, 4.69) is 15.8 Å². The standard InChI is InChI=1S/C17H14N4O3/c18-16-12-5-1-2-6-14(12)19-10-13(16)17(23)21-20-15(22)8-7-11-4-3-9-24-11/h1-10H,(H2,18,19)(H,20,22)(H,21,23). The van der Waals surface area contributed by atoms with E-state index >= 15 is 0 Å². The molecule has 2 heterocycles. The second kappa shape index (κ2) is 6.66. The van der Waals surface area contributed by atoms with Gasteiger partial charge in [0.2, 0.25) is 0 Å². The zero-order chi connectivity index (χ0) is 16.9. The number of anilines is 1. The van der Waals surface area contributed by atoms with Crippen molar-refractivity contribution in [2.24, 2.45) is 0 Å². The van der Waals surface area contributed by atoms with E-state index < -0.39 is 11.8 Å². The van der Waals surface area contributed by atoms with Crippen molar-refractivity contribution in [3.63, 3.8) is 0 Å². The van der Waals surface area contributed by atoms with Crippen LogP contribution in [0, 0.1) is 0 Å². The van der Waals surface area contributed by atoms with Crippen LogP contribution in [0.1, 0.15) is 16.1 Å². The summed E-state index contributed by atoms with van der Waals surface area (Å²) >= 11 is 0. The maximum Gasteiger partial charge on any atom is 0.273 e. The Hall–Kier alpha value is -3.61. The number of nitrogens with two attached hydrogens (primary N) is 1. The number of hydrogen-bond donors (Lipinski definition) is 3. The molecule has 4 N–H and O–H groups in total. The van der Waals surface area contributed by atoms with Gasteiger partial charge in [-0.1, -0.05) is 18.2 Å². The lowest BCUT2D eigenvalue weighted by Gasteiger charge is -2.09. The van der Waals surface area contributed by atoms with Crippen molar-refractivity contribution >= 4 is 34.5 Å². The van der Waals surface area contributed by atoms with Gasteiger partial charge in [0.25, 0.3) is 11.8 Å². The first kappa shape index (κ1) is 15.3. The zero-order valence-electron chi connectivity index (χ0n) is 12.5. The molecule has 0 unspecified atom stereocenters. The Labute approximate surface area is 137 Å². The first-order chi connectivity index (χ1) is 11.6.